The number of fused-ring (bicyclic) bond motifs is 2. The Morgan fingerprint density at radius 3 is 1.88 bits per heavy atom. The van der Waals surface area contributed by atoms with Crippen molar-refractivity contribution in [3.05, 3.63) is 28.8 Å². The lowest BCUT2D eigenvalue weighted by Crippen LogP contribution is -2.52. The van der Waals surface area contributed by atoms with E-state index in [-0.39, 0.29) is 18.1 Å². The SMILES string of the molecule is Cc1cc(C)c(S(=O)(=O)NC2CC3CCC(C2)N3S(C)(=O)=O)c(C)c1. The van der Waals surface area contributed by atoms with E-state index in [0.29, 0.717) is 17.7 Å². The van der Waals surface area contributed by atoms with Gasteiger partial charge in [-0.1, -0.05) is 17.7 Å². The van der Waals surface area contributed by atoms with Crippen molar-refractivity contribution < 1.29 is 16.8 Å². The molecule has 25 heavy (non-hydrogen) atoms. The van der Waals surface area contributed by atoms with Crippen molar-refractivity contribution in [2.24, 2.45) is 0 Å². The summed E-state index contributed by atoms with van der Waals surface area (Å²) in [5, 5.41) is 0. The fourth-order valence-corrected chi connectivity index (χ4v) is 7.82. The number of nitrogens with zero attached hydrogens (tertiary/aromatic N) is 1. The third kappa shape index (κ3) is 3.63. The number of aryl methyl sites for hydroxylation is 3. The Morgan fingerprint density at radius 1 is 0.960 bits per heavy atom. The number of piperidine rings is 1. The molecule has 2 fully saturated rings. The molecule has 2 bridgehead atoms. The topological polar surface area (TPSA) is 83.6 Å². The second-order valence-electron chi connectivity index (χ2n) is 7.50. The Morgan fingerprint density at radius 2 is 1.44 bits per heavy atom. The van der Waals surface area contributed by atoms with Gasteiger partial charge in [0.2, 0.25) is 20.0 Å². The highest BCUT2D eigenvalue weighted by molar-refractivity contribution is 7.89. The molecule has 0 radical (unpaired) electrons. The molecule has 2 atom stereocenters. The second kappa shape index (κ2) is 6.33. The van der Waals surface area contributed by atoms with Gasteiger partial charge in [0.15, 0.2) is 0 Å². The van der Waals surface area contributed by atoms with Crippen molar-refractivity contribution in [2.75, 3.05) is 6.26 Å². The van der Waals surface area contributed by atoms with E-state index in [4.69, 9.17) is 0 Å². The molecule has 0 aliphatic carbocycles. The third-order valence-corrected chi connectivity index (χ3v) is 8.43. The van der Waals surface area contributed by atoms with Crippen molar-refractivity contribution in [2.45, 2.75) is 69.5 Å². The molecule has 1 aromatic carbocycles. The van der Waals surface area contributed by atoms with E-state index >= 15 is 0 Å². The predicted molar refractivity (Wildman–Crippen MR) is 97.5 cm³/mol. The van der Waals surface area contributed by atoms with Crippen molar-refractivity contribution in [3.8, 4) is 0 Å². The van der Waals surface area contributed by atoms with Crippen LogP contribution in [0.2, 0.25) is 0 Å². The molecule has 140 valence electrons. The summed E-state index contributed by atoms with van der Waals surface area (Å²) in [6, 6.07) is 3.33. The molecule has 1 N–H and O–H groups in total. The van der Waals surface area contributed by atoms with Gasteiger partial charge in [0.05, 0.1) is 11.2 Å². The van der Waals surface area contributed by atoms with Crippen LogP contribution in [0.5, 0.6) is 0 Å². The van der Waals surface area contributed by atoms with Crippen molar-refractivity contribution in [1.82, 2.24) is 9.03 Å². The molecule has 0 saturated carbocycles. The average Bonchev–Trinajstić information content (AvgIpc) is 2.69. The quantitative estimate of drug-likeness (QED) is 0.856. The van der Waals surface area contributed by atoms with Crippen LogP contribution in [0, 0.1) is 20.8 Å². The van der Waals surface area contributed by atoms with Gasteiger partial charge < -0.3 is 0 Å². The molecule has 2 unspecified atom stereocenters. The Hall–Kier alpha value is -0.960. The summed E-state index contributed by atoms with van der Waals surface area (Å²) < 4.78 is 54.2. The molecule has 0 spiro atoms. The van der Waals surface area contributed by atoms with Crippen LogP contribution >= 0.6 is 0 Å². The van der Waals surface area contributed by atoms with Gasteiger partial charge in [-0.25, -0.2) is 21.6 Å². The molecule has 1 aromatic rings. The van der Waals surface area contributed by atoms with Crippen LogP contribution in [0.3, 0.4) is 0 Å². The normalized spacial score (nSPS) is 27.6. The van der Waals surface area contributed by atoms with Crippen LogP contribution < -0.4 is 4.72 Å². The molecule has 2 aliphatic heterocycles. The minimum atomic E-state index is -3.63. The van der Waals surface area contributed by atoms with Gasteiger partial charge in [-0.15, -0.1) is 0 Å². The molecule has 8 heteroatoms. The summed E-state index contributed by atoms with van der Waals surface area (Å²) in [7, 11) is -6.87. The molecule has 0 amide bonds. The fourth-order valence-electron chi connectivity index (χ4n) is 4.64. The Kier molecular flexibility index (Phi) is 4.77. The summed E-state index contributed by atoms with van der Waals surface area (Å²) >= 11 is 0. The van der Waals surface area contributed by atoms with Crippen LogP contribution in [-0.2, 0) is 20.0 Å². The summed E-state index contributed by atoms with van der Waals surface area (Å²) in [4.78, 5) is 0.344. The lowest BCUT2D eigenvalue weighted by atomic mass is 10.0. The van der Waals surface area contributed by atoms with Gasteiger partial charge in [0.1, 0.15) is 0 Å². The van der Waals surface area contributed by atoms with E-state index in [0.717, 1.165) is 29.5 Å². The van der Waals surface area contributed by atoms with E-state index in [9.17, 15) is 16.8 Å². The van der Waals surface area contributed by atoms with Crippen LogP contribution in [0.1, 0.15) is 42.4 Å². The summed E-state index contributed by atoms with van der Waals surface area (Å²) in [6.07, 6.45) is 3.92. The van der Waals surface area contributed by atoms with Gasteiger partial charge in [-0.05, 0) is 57.6 Å². The van der Waals surface area contributed by atoms with Crippen LogP contribution in [-0.4, -0.2) is 45.5 Å². The number of sulfonamides is 2. The number of benzene rings is 1. The average molecular weight is 387 g/mol. The van der Waals surface area contributed by atoms with Crippen LogP contribution in [0.15, 0.2) is 17.0 Å². The van der Waals surface area contributed by atoms with Crippen LogP contribution in [0.25, 0.3) is 0 Å². The molecule has 6 nitrogen and oxygen atoms in total. The first-order chi connectivity index (χ1) is 11.5. The van der Waals surface area contributed by atoms with Gasteiger partial charge >= 0.3 is 0 Å². The van der Waals surface area contributed by atoms with Crippen molar-refractivity contribution >= 4 is 20.0 Å². The largest absolute Gasteiger partial charge is 0.241 e. The number of hydrogen-bond acceptors (Lipinski definition) is 4. The molecule has 2 saturated heterocycles. The highest BCUT2D eigenvalue weighted by Gasteiger charge is 2.46. The smallest absolute Gasteiger partial charge is 0.212 e. The van der Waals surface area contributed by atoms with E-state index in [1.54, 1.807) is 4.31 Å². The monoisotopic (exact) mass is 386 g/mol. The maximum absolute atomic E-state index is 12.9. The van der Waals surface area contributed by atoms with E-state index in [1.807, 2.05) is 32.9 Å². The molecular weight excluding hydrogens is 360 g/mol. The second-order valence-corrected chi connectivity index (χ2v) is 11.0. The first-order valence-corrected chi connectivity index (χ1v) is 11.9. The number of nitrogens with one attached hydrogen (secondary N) is 1. The van der Waals surface area contributed by atoms with Gasteiger partial charge in [0, 0.05) is 18.1 Å². The van der Waals surface area contributed by atoms with Gasteiger partial charge in [-0.2, -0.15) is 4.31 Å². The maximum atomic E-state index is 12.9. The maximum Gasteiger partial charge on any atom is 0.241 e. The highest BCUT2D eigenvalue weighted by Crippen LogP contribution is 2.38. The zero-order valence-corrected chi connectivity index (χ0v) is 16.7. The summed E-state index contributed by atoms with van der Waals surface area (Å²) in [5.41, 5.74) is 2.51. The van der Waals surface area contributed by atoms with Crippen molar-refractivity contribution in [1.29, 1.82) is 0 Å². The van der Waals surface area contributed by atoms with Crippen molar-refractivity contribution in [3.63, 3.8) is 0 Å². The molecule has 2 aliphatic rings. The molecule has 3 rings (SSSR count). The highest BCUT2D eigenvalue weighted by atomic mass is 32.2. The molecule has 2 heterocycles. The summed E-state index contributed by atoms with van der Waals surface area (Å²) in [5.74, 6) is 0. The Balaban J connectivity index is 1.83. The van der Waals surface area contributed by atoms with Gasteiger partial charge in [-0.3, -0.25) is 0 Å². The fraction of sp³-hybridized carbons (Fsp3) is 0.647. The predicted octanol–water partition coefficient (Wildman–Crippen LogP) is 1.85. The Bertz CT molecular complexity index is 856. The molecule has 0 aromatic heterocycles. The standard InChI is InChI=1S/C17H26N2O4S2/c1-11-7-12(2)17(13(3)8-11)25(22,23)18-14-9-15-5-6-16(10-14)19(15)24(4,20)21/h7-8,14-16,18H,5-6,9-10H2,1-4H3. The first kappa shape index (κ1) is 18.8. The van der Waals surface area contributed by atoms with Gasteiger partial charge in [0.25, 0.3) is 0 Å². The van der Waals surface area contributed by atoms with E-state index in [2.05, 4.69) is 4.72 Å². The van der Waals surface area contributed by atoms with E-state index in [1.165, 1.54) is 6.26 Å². The summed E-state index contributed by atoms with van der Waals surface area (Å²) in [6.45, 7) is 5.57. The first-order valence-electron chi connectivity index (χ1n) is 8.58. The minimum absolute atomic E-state index is 0.0957. The molecular formula is C17H26N2O4S2. The Labute approximate surface area is 150 Å². The number of hydrogen-bond donors (Lipinski definition) is 1. The minimum Gasteiger partial charge on any atom is -0.212 e. The lowest BCUT2D eigenvalue weighted by Gasteiger charge is -2.37. The number of rotatable bonds is 4. The zero-order chi connectivity index (χ0) is 18.6. The third-order valence-electron chi connectivity index (χ3n) is 5.24. The van der Waals surface area contributed by atoms with E-state index < -0.39 is 20.0 Å². The van der Waals surface area contributed by atoms with Crippen LogP contribution in [0.4, 0.5) is 0 Å². The lowest BCUT2D eigenvalue weighted by molar-refractivity contribution is 0.221. The zero-order valence-electron chi connectivity index (χ0n) is 15.1.